The molecule has 0 fully saturated rings. The average Bonchev–Trinajstić information content (AvgIpc) is 3.49. The topological polar surface area (TPSA) is 103 Å². The van der Waals surface area contributed by atoms with Gasteiger partial charge in [0.15, 0.2) is 11.5 Å². The van der Waals surface area contributed by atoms with Crippen molar-refractivity contribution in [3.05, 3.63) is 52.6 Å². The Bertz CT molecular complexity index is 1190. The van der Waals surface area contributed by atoms with E-state index in [1.165, 1.54) is 11.2 Å². The van der Waals surface area contributed by atoms with Gasteiger partial charge >= 0.3 is 0 Å². The van der Waals surface area contributed by atoms with Crippen molar-refractivity contribution >= 4 is 22.9 Å². The Labute approximate surface area is 177 Å². The summed E-state index contributed by atoms with van der Waals surface area (Å²) < 4.78 is 3.52. The highest BCUT2D eigenvalue weighted by Crippen LogP contribution is 2.37. The first-order chi connectivity index (χ1) is 14.6. The third kappa shape index (κ3) is 3.26. The zero-order valence-corrected chi connectivity index (χ0v) is 17.6. The molecule has 4 aromatic heterocycles. The number of amides is 1. The molecule has 10 heteroatoms. The maximum Gasteiger partial charge on any atom is 0.255 e. The quantitative estimate of drug-likeness (QED) is 0.513. The fourth-order valence-electron chi connectivity index (χ4n) is 4.07. The van der Waals surface area contributed by atoms with E-state index < -0.39 is 0 Å². The number of hydrogen-bond acceptors (Lipinski definition) is 7. The van der Waals surface area contributed by atoms with Crippen LogP contribution in [-0.4, -0.2) is 40.7 Å². The van der Waals surface area contributed by atoms with E-state index in [0.29, 0.717) is 11.5 Å². The van der Waals surface area contributed by atoms with Crippen LogP contribution >= 0.6 is 11.3 Å². The summed E-state index contributed by atoms with van der Waals surface area (Å²) >= 11 is 1.60. The molecule has 0 spiro atoms. The van der Waals surface area contributed by atoms with Crippen molar-refractivity contribution in [3.8, 4) is 5.00 Å². The van der Waals surface area contributed by atoms with Crippen molar-refractivity contribution in [1.82, 2.24) is 40.1 Å². The van der Waals surface area contributed by atoms with E-state index in [9.17, 15) is 4.79 Å². The van der Waals surface area contributed by atoms with Gasteiger partial charge in [0.2, 0.25) is 0 Å². The third-order valence-corrected chi connectivity index (χ3v) is 6.63. The van der Waals surface area contributed by atoms with Gasteiger partial charge in [-0.25, -0.2) is 0 Å². The predicted molar refractivity (Wildman–Crippen MR) is 112 cm³/mol. The van der Waals surface area contributed by atoms with Crippen LogP contribution in [0, 0.1) is 5.92 Å². The minimum absolute atomic E-state index is 0.113. The fraction of sp³-hybridized carbons (Fsp3) is 0.400. The summed E-state index contributed by atoms with van der Waals surface area (Å²) in [7, 11) is 0. The van der Waals surface area contributed by atoms with Crippen LogP contribution in [-0.2, 0) is 12.8 Å². The Morgan fingerprint density at radius 3 is 2.97 bits per heavy atom. The van der Waals surface area contributed by atoms with E-state index in [4.69, 9.17) is 0 Å². The van der Waals surface area contributed by atoms with Crippen molar-refractivity contribution in [1.29, 1.82) is 0 Å². The number of thiophene rings is 1. The number of carbonyl (C=O) groups excluding carboxylic acids is 1. The predicted octanol–water partition coefficient (Wildman–Crippen LogP) is 2.77. The second kappa shape index (κ2) is 7.60. The maximum absolute atomic E-state index is 13.6. The van der Waals surface area contributed by atoms with E-state index in [0.717, 1.165) is 47.7 Å². The molecule has 0 saturated carbocycles. The van der Waals surface area contributed by atoms with Crippen LogP contribution in [0.1, 0.15) is 59.4 Å². The van der Waals surface area contributed by atoms with Crippen LogP contribution in [0.2, 0.25) is 0 Å². The summed E-state index contributed by atoms with van der Waals surface area (Å²) in [4.78, 5) is 14.8. The van der Waals surface area contributed by atoms with Crippen molar-refractivity contribution in [3.63, 3.8) is 0 Å². The summed E-state index contributed by atoms with van der Waals surface area (Å²) in [5, 5.41) is 24.2. The molecule has 30 heavy (non-hydrogen) atoms. The van der Waals surface area contributed by atoms with Gasteiger partial charge in [-0.3, -0.25) is 9.20 Å². The molecular weight excluding hydrogens is 400 g/mol. The average molecular weight is 423 g/mol. The fourth-order valence-corrected chi connectivity index (χ4v) is 5.37. The van der Waals surface area contributed by atoms with Crippen LogP contribution in [0.25, 0.3) is 10.6 Å². The lowest BCUT2D eigenvalue weighted by Gasteiger charge is -2.20. The normalized spacial score (nSPS) is 14.4. The molecule has 0 radical (unpaired) electrons. The monoisotopic (exact) mass is 422 g/mol. The number of carbonyl (C=O) groups is 1. The first-order valence-electron chi connectivity index (χ1n) is 10.1. The molecule has 5 rings (SSSR count). The summed E-state index contributed by atoms with van der Waals surface area (Å²) in [6.07, 6.45) is 7.19. The smallest absolute Gasteiger partial charge is 0.255 e. The van der Waals surface area contributed by atoms with E-state index >= 15 is 0 Å². The Morgan fingerprint density at radius 2 is 2.17 bits per heavy atom. The molecule has 4 heterocycles. The Hall–Kier alpha value is -3.14. The number of fused-ring (bicyclic) bond motifs is 2. The summed E-state index contributed by atoms with van der Waals surface area (Å²) in [6, 6.07) is 5.52. The molecule has 1 unspecified atom stereocenters. The molecular formula is C20H22N8OS. The van der Waals surface area contributed by atoms with Gasteiger partial charge in [-0.1, -0.05) is 19.9 Å². The number of rotatable bonds is 6. The lowest BCUT2D eigenvalue weighted by Crippen LogP contribution is -2.32. The van der Waals surface area contributed by atoms with Crippen LogP contribution in [0.15, 0.2) is 30.7 Å². The number of aromatic nitrogens is 7. The number of aryl methyl sites for hydroxylation is 1. The molecule has 0 aromatic carbocycles. The molecule has 0 bridgehead atoms. The van der Waals surface area contributed by atoms with Crippen molar-refractivity contribution in [2.24, 2.45) is 5.92 Å². The molecule has 4 aromatic rings. The highest BCUT2D eigenvalue weighted by Gasteiger charge is 2.30. The van der Waals surface area contributed by atoms with Gasteiger partial charge < -0.3 is 5.32 Å². The molecule has 1 atom stereocenters. The van der Waals surface area contributed by atoms with Crippen LogP contribution < -0.4 is 5.32 Å². The highest BCUT2D eigenvalue weighted by atomic mass is 32.1. The highest BCUT2D eigenvalue weighted by molar-refractivity contribution is 7.15. The van der Waals surface area contributed by atoms with Gasteiger partial charge in [-0.05, 0) is 59.7 Å². The number of tetrazole rings is 1. The standard InChI is InChI=1S/C20H22N8OS/c1-12(2)10-14(18-24-23-16-8-3-4-9-27(16)18)22-19(29)17-13-6-5-7-15(13)30-20(17)28-11-21-25-26-28/h3-4,8-9,11-12,14H,5-7,10H2,1-2H3,(H,22,29). The number of hydrogen-bond donors (Lipinski definition) is 1. The van der Waals surface area contributed by atoms with E-state index in [-0.39, 0.29) is 11.9 Å². The van der Waals surface area contributed by atoms with Crippen LogP contribution in [0.3, 0.4) is 0 Å². The van der Waals surface area contributed by atoms with E-state index in [2.05, 4.69) is 44.9 Å². The zero-order valence-electron chi connectivity index (χ0n) is 16.8. The van der Waals surface area contributed by atoms with E-state index in [1.807, 2.05) is 28.8 Å². The molecule has 0 saturated heterocycles. The lowest BCUT2D eigenvalue weighted by molar-refractivity contribution is 0.0929. The summed E-state index contributed by atoms with van der Waals surface area (Å²) in [5.41, 5.74) is 2.57. The lowest BCUT2D eigenvalue weighted by atomic mass is 10.0. The van der Waals surface area contributed by atoms with Gasteiger partial charge in [-0.15, -0.1) is 26.6 Å². The Kier molecular flexibility index (Phi) is 4.78. The molecule has 1 aliphatic rings. The SMILES string of the molecule is CC(C)CC(NC(=O)c1c(-n2cnnn2)sc2c1CCC2)c1nnc2ccccn12. The first-order valence-corrected chi connectivity index (χ1v) is 10.9. The zero-order chi connectivity index (χ0) is 20.7. The first kappa shape index (κ1) is 18.9. The maximum atomic E-state index is 13.6. The molecule has 0 aliphatic heterocycles. The third-order valence-electron chi connectivity index (χ3n) is 5.35. The van der Waals surface area contributed by atoms with Gasteiger partial charge in [0.1, 0.15) is 11.3 Å². The number of nitrogens with zero attached hydrogens (tertiary/aromatic N) is 7. The Morgan fingerprint density at radius 1 is 1.27 bits per heavy atom. The minimum Gasteiger partial charge on any atom is -0.342 e. The second-order valence-corrected chi connectivity index (χ2v) is 9.02. The van der Waals surface area contributed by atoms with Gasteiger partial charge in [0.25, 0.3) is 5.91 Å². The van der Waals surface area contributed by atoms with Crippen LogP contribution in [0.5, 0.6) is 0 Å². The van der Waals surface area contributed by atoms with Gasteiger partial charge in [0.05, 0.1) is 11.6 Å². The van der Waals surface area contributed by atoms with E-state index in [1.54, 1.807) is 16.0 Å². The number of pyridine rings is 1. The molecule has 1 aliphatic carbocycles. The summed E-state index contributed by atoms with van der Waals surface area (Å²) in [5.74, 6) is 1.00. The minimum atomic E-state index is -0.256. The second-order valence-electron chi connectivity index (χ2n) is 7.93. The molecule has 1 amide bonds. The summed E-state index contributed by atoms with van der Waals surface area (Å²) in [6.45, 7) is 4.27. The molecule has 1 N–H and O–H groups in total. The van der Waals surface area contributed by atoms with Gasteiger partial charge in [0, 0.05) is 11.1 Å². The number of nitrogens with one attached hydrogen (secondary N) is 1. The largest absolute Gasteiger partial charge is 0.342 e. The van der Waals surface area contributed by atoms with Crippen molar-refractivity contribution in [2.45, 2.75) is 45.6 Å². The molecule has 154 valence electrons. The molecule has 9 nitrogen and oxygen atoms in total. The van der Waals surface area contributed by atoms with Crippen molar-refractivity contribution in [2.75, 3.05) is 0 Å². The van der Waals surface area contributed by atoms with Crippen molar-refractivity contribution < 1.29 is 4.79 Å². The Balaban J connectivity index is 1.53. The van der Waals surface area contributed by atoms with Gasteiger partial charge in [-0.2, -0.15) is 4.68 Å². The van der Waals surface area contributed by atoms with Crippen LogP contribution in [0.4, 0.5) is 0 Å².